The molecule has 1 atom stereocenters. The Morgan fingerprint density at radius 3 is 2.51 bits per heavy atom. The van der Waals surface area contributed by atoms with Crippen LogP contribution in [-0.4, -0.2) is 55.0 Å². The maximum Gasteiger partial charge on any atom is 0.408 e. The molecule has 1 aliphatic heterocycles. The lowest BCUT2D eigenvalue weighted by Crippen LogP contribution is -2.43. The molecular weight excluding hydrogens is 566 g/mol. The Morgan fingerprint density at radius 1 is 1.22 bits per heavy atom. The van der Waals surface area contributed by atoms with Crippen molar-refractivity contribution in [2.45, 2.75) is 103 Å². The van der Waals surface area contributed by atoms with Crippen LogP contribution in [0.3, 0.4) is 0 Å². The standard InChI is InChI=1S/C28H41N5O6S2/c1-16-17(2)23(18(3)19-11-12-28(7,8)38-22(16)19)41(36,37)33-25(29)31-13-9-10-20(21(34)24-30-14-15-40-24)32-26(35)39-27(4,5)6/h14-15,20H,9-13H2,1-8H3,(H,32,35)(H3,29,31,33)/t20-/m0/s1. The summed E-state index contributed by atoms with van der Waals surface area (Å²) in [6, 6.07) is -0.889. The molecule has 11 nitrogen and oxygen atoms in total. The summed E-state index contributed by atoms with van der Waals surface area (Å²) in [6.07, 6.45) is 2.83. The van der Waals surface area contributed by atoms with E-state index in [9.17, 15) is 18.0 Å². The van der Waals surface area contributed by atoms with Crippen LogP contribution in [0, 0.1) is 20.8 Å². The topological polar surface area (TPSA) is 162 Å². The number of sulfonamides is 1. The van der Waals surface area contributed by atoms with Crippen LogP contribution in [0.2, 0.25) is 0 Å². The number of nitrogens with zero attached hydrogens (tertiary/aromatic N) is 2. The summed E-state index contributed by atoms with van der Waals surface area (Å²) >= 11 is 1.17. The molecule has 0 spiro atoms. The number of amides is 1. The van der Waals surface area contributed by atoms with Crippen LogP contribution in [0.15, 0.2) is 21.5 Å². The number of hydrogen-bond donors (Lipinski definition) is 3. The summed E-state index contributed by atoms with van der Waals surface area (Å²) in [7, 11) is -4.03. The molecule has 3 rings (SSSR count). The number of guanidine groups is 1. The van der Waals surface area contributed by atoms with Crippen LogP contribution < -0.4 is 20.5 Å². The molecular formula is C28H41N5O6S2. The van der Waals surface area contributed by atoms with Crippen LogP contribution in [0.25, 0.3) is 0 Å². The second-order valence-electron chi connectivity index (χ2n) is 11.8. The van der Waals surface area contributed by atoms with E-state index in [0.717, 1.165) is 23.3 Å². The number of aromatic nitrogens is 1. The highest BCUT2D eigenvalue weighted by Gasteiger charge is 2.34. The first-order valence-corrected chi connectivity index (χ1v) is 15.9. The van der Waals surface area contributed by atoms with Gasteiger partial charge >= 0.3 is 6.09 Å². The van der Waals surface area contributed by atoms with Gasteiger partial charge in [0.15, 0.2) is 5.01 Å². The molecule has 0 aliphatic carbocycles. The Morgan fingerprint density at radius 2 is 1.90 bits per heavy atom. The average molecular weight is 608 g/mol. The molecule has 0 unspecified atom stereocenters. The van der Waals surface area contributed by atoms with Crippen molar-refractivity contribution in [3.63, 3.8) is 0 Å². The number of benzene rings is 1. The maximum absolute atomic E-state index is 13.4. The predicted molar refractivity (Wildman–Crippen MR) is 159 cm³/mol. The van der Waals surface area contributed by atoms with Gasteiger partial charge in [0, 0.05) is 18.1 Å². The fraction of sp³-hybridized carbons (Fsp3) is 0.571. The van der Waals surface area contributed by atoms with Gasteiger partial charge < -0.3 is 20.5 Å². The molecule has 41 heavy (non-hydrogen) atoms. The summed E-state index contributed by atoms with van der Waals surface area (Å²) in [5.41, 5.74) is 7.83. The molecule has 2 aromatic rings. The Kier molecular flexibility index (Phi) is 9.74. The van der Waals surface area contributed by atoms with Gasteiger partial charge in [0.25, 0.3) is 10.0 Å². The van der Waals surface area contributed by atoms with Crippen molar-refractivity contribution in [3.05, 3.63) is 38.8 Å². The third-order valence-electron chi connectivity index (χ3n) is 6.76. The lowest BCUT2D eigenvalue weighted by atomic mass is 9.88. The third-order valence-corrected chi connectivity index (χ3v) is 9.17. The first kappa shape index (κ1) is 32.3. The van der Waals surface area contributed by atoms with E-state index >= 15 is 0 Å². The van der Waals surface area contributed by atoms with Gasteiger partial charge in [-0.3, -0.25) is 9.79 Å². The van der Waals surface area contributed by atoms with E-state index in [2.05, 4.69) is 20.0 Å². The summed E-state index contributed by atoms with van der Waals surface area (Å²) in [6.45, 7) is 14.8. The number of ether oxygens (including phenoxy) is 2. The van der Waals surface area contributed by atoms with Gasteiger partial charge in [0.2, 0.25) is 11.7 Å². The normalized spacial score (nSPS) is 15.9. The molecule has 13 heteroatoms. The van der Waals surface area contributed by atoms with Crippen molar-refractivity contribution in [1.82, 2.24) is 15.0 Å². The Bertz CT molecular complexity index is 1430. The lowest BCUT2D eigenvalue weighted by Gasteiger charge is -2.35. The highest BCUT2D eigenvalue weighted by Crippen LogP contribution is 2.42. The van der Waals surface area contributed by atoms with E-state index in [0.29, 0.717) is 24.0 Å². The van der Waals surface area contributed by atoms with Gasteiger partial charge in [-0.1, -0.05) is 0 Å². The molecule has 0 radical (unpaired) electrons. The van der Waals surface area contributed by atoms with Crippen LogP contribution in [-0.2, 0) is 21.2 Å². The van der Waals surface area contributed by atoms with Gasteiger partial charge in [-0.2, -0.15) is 0 Å². The number of rotatable bonds is 9. The fourth-order valence-electron chi connectivity index (χ4n) is 4.68. The number of thiazole rings is 1. The van der Waals surface area contributed by atoms with E-state index in [1.165, 1.54) is 17.5 Å². The van der Waals surface area contributed by atoms with Crippen molar-refractivity contribution in [2.24, 2.45) is 10.7 Å². The molecule has 1 aromatic heterocycles. The molecule has 1 aromatic carbocycles. The predicted octanol–water partition coefficient (Wildman–Crippen LogP) is 4.32. The Balaban J connectivity index is 1.70. The number of ketones is 1. The van der Waals surface area contributed by atoms with E-state index in [-0.39, 0.29) is 40.2 Å². The van der Waals surface area contributed by atoms with Gasteiger partial charge in [0.1, 0.15) is 17.0 Å². The van der Waals surface area contributed by atoms with Crippen molar-refractivity contribution < 1.29 is 27.5 Å². The zero-order chi connectivity index (χ0) is 30.8. The van der Waals surface area contributed by atoms with Crippen LogP contribution in [0.5, 0.6) is 5.75 Å². The van der Waals surface area contributed by atoms with Crippen molar-refractivity contribution in [3.8, 4) is 5.75 Å². The maximum atomic E-state index is 13.4. The lowest BCUT2D eigenvalue weighted by molar-refractivity contribution is 0.0488. The third kappa shape index (κ3) is 8.19. The largest absolute Gasteiger partial charge is 0.487 e. The number of Topliss-reactive ketones (excluding diaryl/α,β-unsaturated/α-hetero) is 1. The molecule has 0 saturated heterocycles. The number of fused-ring (bicyclic) bond motifs is 1. The smallest absolute Gasteiger partial charge is 0.408 e. The number of nitrogens with one attached hydrogen (secondary N) is 2. The number of alkyl carbamates (subject to hydrolysis) is 1. The number of aliphatic imine (C=N–C) groups is 1. The van der Waals surface area contributed by atoms with Gasteiger partial charge in [-0.05, 0) is 103 Å². The van der Waals surface area contributed by atoms with Crippen molar-refractivity contribution in [2.75, 3.05) is 6.54 Å². The monoisotopic (exact) mass is 607 g/mol. The summed E-state index contributed by atoms with van der Waals surface area (Å²) in [5.74, 6) is 0.141. The van der Waals surface area contributed by atoms with Crippen molar-refractivity contribution in [1.29, 1.82) is 0 Å². The van der Waals surface area contributed by atoms with Crippen molar-refractivity contribution >= 4 is 39.2 Å². The second-order valence-corrected chi connectivity index (χ2v) is 14.3. The molecule has 0 fully saturated rings. The van der Waals surface area contributed by atoms with Crippen LogP contribution in [0.1, 0.15) is 85.9 Å². The minimum absolute atomic E-state index is 0.121. The summed E-state index contributed by atoms with van der Waals surface area (Å²) < 4.78 is 40.7. The second kappa shape index (κ2) is 12.4. The van der Waals surface area contributed by atoms with E-state index in [1.807, 2.05) is 20.8 Å². The first-order valence-electron chi connectivity index (χ1n) is 13.5. The first-order chi connectivity index (χ1) is 18.9. The Hall–Kier alpha value is -3.19. The molecule has 1 amide bonds. The Labute approximate surface area is 246 Å². The van der Waals surface area contributed by atoms with Gasteiger partial charge in [-0.25, -0.2) is 22.9 Å². The average Bonchev–Trinajstić information content (AvgIpc) is 3.37. The minimum atomic E-state index is -4.03. The molecule has 0 bridgehead atoms. The zero-order valence-electron chi connectivity index (χ0n) is 25.0. The van der Waals surface area contributed by atoms with E-state index < -0.39 is 27.8 Å². The fourth-order valence-corrected chi connectivity index (χ4v) is 6.84. The number of carbonyl (C=O) groups is 2. The SMILES string of the molecule is Cc1c(C)c(S(=O)(=O)NC(N)=NCCC[C@H](NC(=O)OC(C)(C)C)C(=O)c2nccs2)c(C)c2c1OC(C)(C)CC2. The van der Waals surface area contributed by atoms with E-state index in [1.54, 1.807) is 40.0 Å². The number of carbonyl (C=O) groups excluding carboxylic acids is 2. The molecule has 0 saturated carbocycles. The quantitative estimate of drug-likeness (QED) is 0.164. The highest BCUT2D eigenvalue weighted by molar-refractivity contribution is 7.90. The van der Waals surface area contributed by atoms with Crippen LogP contribution in [0.4, 0.5) is 4.79 Å². The van der Waals surface area contributed by atoms with Gasteiger partial charge in [0.05, 0.1) is 10.9 Å². The molecule has 4 N–H and O–H groups in total. The summed E-state index contributed by atoms with van der Waals surface area (Å²) in [4.78, 5) is 33.6. The highest BCUT2D eigenvalue weighted by atomic mass is 32.2. The minimum Gasteiger partial charge on any atom is -0.487 e. The van der Waals surface area contributed by atoms with Crippen LogP contribution >= 0.6 is 11.3 Å². The molecule has 226 valence electrons. The number of hydrogen-bond acceptors (Lipinski definition) is 9. The summed E-state index contributed by atoms with van der Waals surface area (Å²) in [5, 5.41) is 4.55. The molecule has 1 aliphatic rings. The molecule has 2 heterocycles. The van der Waals surface area contributed by atoms with Gasteiger partial charge in [-0.15, -0.1) is 11.3 Å². The van der Waals surface area contributed by atoms with E-state index in [4.69, 9.17) is 15.2 Å². The zero-order valence-corrected chi connectivity index (χ0v) is 26.6. The number of nitrogens with two attached hydrogens (primary N) is 1.